The zero-order chi connectivity index (χ0) is 33.3. The number of carbonyl (C=O) groups is 4. The maximum atomic E-state index is 13.6. The van der Waals surface area contributed by atoms with E-state index in [1.807, 2.05) is 0 Å². The minimum Gasteiger partial charge on any atom is -0.444 e. The second-order valence-corrected chi connectivity index (χ2v) is 13.4. The van der Waals surface area contributed by atoms with Crippen LogP contribution in [0.15, 0.2) is 24.3 Å². The summed E-state index contributed by atoms with van der Waals surface area (Å²) in [6, 6.07) is 2.48. The number of aliphatic hydroxyl groups excluding tert-OH is 1. The summed E-state index contributed by atoms with van der Waals surface area (Å²) in [5, 5.41) is 17.3. The number of amides is 4. The second-order valence-electron chi connectivity index (χ2n) is 13.4. The molecule has 0 bridgehead atoms. The first kappa shape index (κ1) is 34.5. The highest BCUT2D eigenvalue weighted by atomic mass is 19.3. The fraction of sp³-hybridized carbons (Fsp3) is 0.677. The molecule has 4 amide bonds. The summed E-state index contributed by atoms with van der Waals surface area (Å²) >= 11 is 0. The van der Waals surface area contributed by atoms with Crippen LogP contribution in [-0.2, 0) is 25.7 Å². The Hall–Kier alpha value is -3.39. The van der Waals surface area contributed by atoms with Gasteiger partial charge in [-0.1, -0.05) is 12.1 Å². The molecule has 0 spiro atoms. The molecule has 3 aliphatic rings. The van der Waals surface area contributed by atoms with Crippen molar-refractivity contribution in [2.24, 2.45) is 5.92 Å². The number of rotatable bonds is 7. The topological polar surface area (TPSA) is 132 Å². The standard InChI is InChI=1S/C31H44F3N5O6/c1-18(37(5)29(44)45-30(2,3)4)25(40)36-23-17-38(27(42)20-14-31(33,34)15-20)13-12-22-10-11-24(39(22)28(23)43)26(41)35-16-19-6-8-21(32)9-7-19/h6-9,18,20,22-24,28,43H,10-17H2,1-5H3,(H,35,41)(H,36,40)/t18-,22+,23-,24-,28?/m0/s1. The molecule has 2 saturated heterocycles. The monoisotopic (exact) mass is 639 g/mol. The van der Waals surface area contributed by atoms with Crippen molar-refractivity contribution in [3.05, 3.63) is 35.6 Å². The molecule has 45 heavy (non-hydrogen) atoms. The van der Waals surface area contributed by atoms with E-state index in [9.17, 15) is 37.5 Å². The van der Waals surface area contributed by atoms with Crippen molar-refractivity contribution < 1.29 is 42.2 Å². The van der Waals surface area contributed by atoms with Gasteiger partial charge in [-0.05, 0) is 64.7 Å². The zero-order valence-corrected chi connectivity index (χ0v) is 26.4. The maximum Gasteiger partial charge on any atom is 0.410 e. The van der Waals surface area contributed by atoms with E-state index in [1.165, 1.54) is 31.0 Å². The van der Waals surface area contributed by atoms with Gasteiger partial charge >= 0.3 is 6.09 Å². The van der Waals surface area contributed by atoms with Crippen molar-refractivity contribution in [2.45, 2.75) is 108 Å². The van der Waals surface area contributed by atoms with Gasteiger partial charge in [-0.25, -0.2) is 18.0 Å². The molecule has 5 atom stereocenters. The third kappa shape index (κ3) is 8.46. The highest BCUT2D eigenvalue weighted by molar-refractivity contribution is 5.86. The average molecular weight is 640 g/mol. The predicted octanol–water partition coefficient (Wildman–Crippen LogP) is 2.61. The number of nitrogens with zero attached hydrogens (tertiary/aromatic N) is 3. The first-order chi connectivity index (χ1) is 21.0. The summed E-state index contributed by atoms with van der Waals surface area (Å²) in [5.74, 6) is -5.60. The number of benzene rings is 1. The van der Waals surface area contributed by atoms with Crippen LogP contribution in [-0.4, -0.2) is 106 Å². The largest absolute Gasteiger partial charge is 0.444 e. The molecule has 0 radical (unpaired) electrons. The van der Waals surface area contributed by atoms with E-state index in [4.69, 9.17) is 4.74 Å². The number of ether oxygens (including phenoxy) is 1. The Labute approximate surface area is 261 Å². The molecular formula is C31H44F3N5O6. The summed E-state index contributed by atoms with van der Waals surface area (Å²) in [6.07, 6.45) is -1.93. The first-order valence-corrected chi connectivity index (χ1v) is 15.4. The minimum absolute atomic E-state index is 0.146. The quantitative estimate of drug-likeness (QED) is 0.418. The van der Waals surface area contributed by atoms with E-state index in [-0.39, 0.29) is 31.6 Å². The number of fused-ring (bicyclic) bond motifs is 1. The molecule has 2 aliphatic heterocycles. The number of nitrogens with one attached hydrogen (secondary N) is 2. The van der Waals surface area contributed by atoms with Crippen LogP contribution in [0.5, 0.6) is 0 Å². The van der Waals surface area contributed by atoms with E-state index < -0.39 is 78.4 Å². The van der Waals surface area contributed by atoms with Crippen molar-refractivity contribution in [1.29, 1.82) is 0 Å². The number of hydrogen-bond donors (Lipinski definition) is 3. The molecule has 1 aliphatic carbocycles. The Morgan fingerprint density at radius 1 is 1.11 bits per heavy atom. The van der Waals surface area contributed by atoms with Gasteiger partial charge in [0.25, 0.3) is 0 Å². The zero-order valence-electron chi connectivity index (χ0n) is 26.4. The number of hydrogen-bond acceptors (Lipinski definition) is 7. The molecule has 3 N–H and O–H groups in total. The number of likely N-dealkylation sites (N-methyl/N-ethyl adjacent to an activating group) is 1. The average Bonchev–Trinajstić information content (AvgIpc) is 3.37. The molecule has 11 nitrogen and oxygen atoms in total. The molecule has 4 rings (SSSR count). The third-order valence-electron chi connectivity index (χ3n) is 8.77. The summed E-state index contributed by atoms with van der Waals surface area (Å²) in [7, 11) is 1.40. The van der Waals surface area contributed by atoms with Crippen molar-refractivity contribution in [3.63, 3.8) is 0 Å². The van der Waals surface area contributed by atoms with Crippen LogP contribution < -0.4 is 10.6 Å². The van der Waals surface area contributed by atoms with Crippen molar-refractivity contribution in [3.8, 4) is 0 Å². The van der Waals surface area contributed by atoms with Gasteiger partial charge in [-0.3, -0.25) is 24.2 Å². The van der Waals surface area contributed by atoms with E-state index in [2.05, 4.69) is 10.6 Å². The lowest BCUT2D eigenvalue weighted by Crippen LogP contribution is -2.65. The molecule has 2 heterocycles. The van der Waals surface area contributed by atoms with Crippen LogP contribution in [0.4, 0.5) is 18.0 Å². The fourth-order valence-electron chi connectivity index (χ4n) is 6.09. The van der Waals surface area contributed by atoms with Gasteiger partial charge in [0.2, 0.25) is 23.6 Å². The normalized spacial score (nSPS) is 26.0. The van der Waals surface area contributed by atoms with Gasteiger partial charge in [0.1, 0.15) is 23.7 Å². The van der Waals surface area contributed by atoms with Crippen LogP contribution >= 0.6 is 0 Å². The molecule has 1 unspecified atom stereocenters. The minimum atomic E-state index is -2.89. The van der Waals surface area contributed by atoms with E-state index in [0.717, 1.165) is 4.90 Å². The molecule has 1 aromatic carbocycles. The molecule has 3 fully saturated rings. The highest BCUT2D eigenvalue weighted by Crippen LogP contribution is 2.43. The van der Waals surface area contributed by atoms with Crippen molar-refractivity contribution in [2.75, 3.05) is 20.1 Å². The van der Waals surface area contributed by atoms with Crippen LogP contribution in [0, 0.1) is 11.7 Å². The summed E-state index contributed by atoms with van der Waals surface area (Å²) in [5.41, 5.74) is -0.107. The summed E-state index contributed by atoms with van der Waals surface area (Å²) < 4.78 is 45.9. The fourth-order valence-corrected chi connectivity index (χ4v) is 6.09. The number of halogens is 3. The number of carbonyl (C=O) groups excluding carboxylic acids is 4. The lowest BCUT2D eigenvalue weighted by Gasteiger charge is -2.44. The Morgan fingerprint density at radius 3 is 2.36 bits per heavy atom. The SMILES string of the molecule is C[C@@H](C(=O)N[C@H]1CN(C(=O)C2CC(F)(F)C2)CC[C@H]2CC[C@@H](C(=O)NCc3ccc(F)cc3)N2C1O)N(C)C(=O)OC(C)(C)C. The smallest absolute Gasteiger partial charge is 0.410 e. The molecular weight excluding hydrogens is 595 g/mol. The summed E-state index contributed by atoms with van der Waals surface area (Å²) in [4.78, 5) is 56.8. The second kappa shape index (κ2) is 13.5. The van der Waals surface area contributed by atoms with Crippen molar-refractivity contribution >= 4 is 23.8 Å². The van der Waals surface area contributed by atoms with Crippen molar-refractivity contribution in [1.82, 2.24) is 25.3 Å². The number of alkyl halides is 2. The Bertz CT molecular complexity index is 1250. The molecule has 14 heteroatoms. The Balaban J connectivity index is 1.52. The Morgan fingerprint density at radius 2 is 1.76 bits per heavy atom. The van der Waals surface area contributed by atoms with Crippen LogP contribution in [0.25, 0.3) is 0 Å². The first-order valence-electron chi connectivity index (χ1n) is 15.4. The molecule has 1 aromatic rings. The highest BCUT2D eigenvalue weighted by Gasteiger charge is 2.51. The maximum absolute atomic E-state index is 13.6. The van der Waals surface area contributed by atoms with Gasteiger partial charge in [-0.15, -0.1) is 0 Å². The van der Waals surface area contributed by atoms with Gasteiger partial charge in [0.15, 0.2) is 0 Å². The van der Waals surface area contributed by atoms with Gasteiger partial charge in [-0.2, -0.15) is 0 Å². The van der Waals surface area contributed by atoms with E-state index >= 15 is 0 Å². The predicted molar refractivity (Wildman–Crippen MR) is 157 cm³/mol. The van der Waals surface area contributed by atoms with E-state index in [0.29, 0.717) is 24.8 Å². The van der Waals surface area contributed by atoms with Crippen LogP contribution in [0.2, 0.25) is 0 Å². The van der Waals surface area contributed by atoms with Gasteiger partial charge in [0, 0.05) is 51.5 Å². The molecule has 0 aromatic heterocycles. The van der Waals surface area contributed by atoms with E-state index in [1.54, 1.807) is 37.8 Å². The lowest BCUT2D eigenvalue weighted by molar-refractivity contribution is -0.163. The van der Waals surface area contributed by atoms with Crippen LogP contribution in [0.1, 0.15) is 65.4 Å². The van der Waals surface area contributed by atoms with Gasteiger partial charge in [0.05, 0.1) is 12.1 Å². The summed E-state index contributed by atoms with van der Waals surface area (Å²) in [6.45, 7) is 6.72. The lowest BCUT2D eigenvalue weighted by atomic mass is 9.80. The molecule has 250 valence electrons. The van der Waals surface area contributed by atoms with Crippen LogP contribution in [0.3, 0.4) is 0 Å². The number of aliphatic hydroxyl groups is 1. The Kier molecular flexibility index (Phi) is 10.4. The third-order valence-corrected chi connectivity index (χ3v) is 8.77. The molecule has 1 saturated carbocycles. The van der Waals surface area contributed by atoms with Gasteiger partial charge < -0.3 is 25.4 Å².